The zero-order chi connectivity index (χ0) is 35.4. The largest absolute Gasteiger partial charge is 0.351 e. The number of H-pyrrole nitrogens is 1. The highest BCUT2D eigenvalue weighted by Gasteiger charge is 2.29. The molecule has 1 saturated heterocycles. The summed E-state index contributed by atoms with van der Waals surface area (Å²) < 4.78 is 0. The van der Waals surface area contributed by atoms with Gasteiger partial charge in [-0.25, -0.2) is 4.98 Å². The van der Waals surface area contributed by atoms with Gasteiger partial charge in [-0.05, 0) is 64.4 Å². The molecule has 0 spiro atoms. The third-order valence-corrected chi connectivity index (χ3v) is 10.2. The maximum Gasteiger partial charge on any atom is 0.195 e. The molecule has 0 unspecified atom stereocenters. The van der Waals surface area contributed by atoms with Crippen LogP contribution in [0.15, 0.2) is 127 Å². The van der Waals surface area contributed by atoms with E-state index in [1.54, 1.807) is 0 Å². The third-order valence-electron chi connectivity index (χ3n) is 10.2. The van der Waals surface area contributed by atoms with E-state index in [9.17, 15) is 0 Å². The van der Waals surface area contributed by atoms with Crippen molar-refractivity contribution >= 4 is 22.5 Å². The maximum absolute atomic E-state index is 5.40. The van der Waals surface area contributed by atoms with Crippen molar-refractivity contribution < 1.29 is 0 Å². The topological polar surface area (TPSA) is 85.9 Å². The van der Waals surface area contributed by atoms with Gasteiger partial charge in [-0.3, -0.25) is 5.10 Å². The summed E-state index contributed by atoms with van der Waals surface area (Å²) in [6, 6.07) is 45.2. The van der Waals surface area contributed by atoms with Gasteiger partial charge in [-0.1, -0.05) is 123 Å². The molecule has 0 saturated carbocycles. The summed E-state index contributed by atoms with van der Waals surface area (Å²) in [5, 5.41) is 22.3. The van der Waals surface area contributed by atoms with Crippen LogP contribution >= 0.6 is 0 Å². The van der Waals surface area contributed by atoms with Gasteiger partial charge in [0.2, 0.25) is 0 Å². The second-order valence-electron chi connectivity index (χ2n) is 14.0. The number of rotatable bonds is 10. The fourth-order valence-corrected chi connectivity index (χ4v) is 7.28. The van der Waals surface area contributed by atoms with Crippen molar-refractivity contribution in [2.75, 3.05) is 29.4 Å². The number of benzene rings is 5. The number of aromatic amines is 1. The molecule has 1 atom stereocenters. The fraction of sp³-hybridized carbons (Fsp3) is 0.227. The first kappa shape index (κ1) is 33.3. The van der Waals surface area contributed by atoms with Crippen LogP contribution in [0.2, 0.25) is 0 Å². The second kappa shape index (κ2) is 14.8. The minimum absolute atomic E-state index is 0.330. The van der Waals surface area contributed by atoms with Gasteiger partial charge in [0.15, 0.2) is 17.5 Å². The summed E-state index contributed by atoms with van der Waals surface area (Å²) in [6.07, 6.45) is 0. The highest BCUT2D eigenvalue weighted by atomic mass is 15.4. The van der Waals surface area contributed by atoms with E-state index in [0.717, 1.165) is 53.4 Å². The normalized spacial score (nSPS) is 14.6. The Labute approximate surface area is 305 Å². The van der Waals surface area contributed by atoms with Crippen LogP contribution in [0.4, 0.5) is 11.6 Å². The number of hydrogen-bond acceptors (Lipinski definition) is 7. The van der Waals surface area contributed by atoms with Crippen molar-refractivity contribution in [1.29, 1.82) is 0 Å². The summed E-state index contributed by atoms with van der Waals surface area (Å²) in [5.74, 6) is 2.71. The number of hydrogen-bond donors (Lipinski definition) is 2. The smallest absolute Gasteiger partial charge is 0.195 e. The van der Waals surface area contributed by atoms with E-state index in [1.807, 2.05) is 6.92 Å². The molecule has 7 aromatic rings. The van der Waals surface area contributed by atoms with Gasteiger partial charge in [0.25, 0.3) is 0 Å². The van der Waals surface area contributed by atoms with Gasteiger partial charge in [0.1, 0.15) is 0 Å². The first-order valence-electron chi connectivity index (χ1n) is 18.2. The minimum Gasteiger partial charge on any atom is -0.351 e. The van der Waals surface area contributed by atoms with Crippen LogP contribution in [0, 0.1) is 12.8 Å². The van der Waals surface area contributed by atoms with Crippen molar-refractivity contribution in [2.45, 2.75) is 39.9 Å². The molecule has 0 radical (unpaired) electrons. The van der Waals surface area contributed by atoms with Crippen LogP contribution < -0.4 is 15.1 Å². The first-order valence-corrected chi connectivity index (χ1v) is 18.2. The van der Waals surface area contributed by atoms with Gasteiger partial charge >= 0.3 is 0 Å². The Bertz CT molecular complexity index is 2200. The first-order chi connectivity index (χ1) is 25.5. The van der Waals surface area contributed by atoms with Crippen molar-refractivity contribution in [3.63, 3.8) is 0 Å². The Balaban J connectivity index is 1.28. The standard InChI is InChI=1S/C44H44N8/c1-30(2)41-29-51(25-24-45-41)43-44(50-49-42(46-43)34-22-23-40-39(26-34)31(3)47-48-40)52(27-35-18-10-12-20-37(35)32-14-6-4-7-15-32)28-36-19-11-13-21-38(36)33-16-8-5-9-17-33/h4-23,26,30,41,45H,24-25,27-29H2,1-3H3,(H,47,48)/t41-/m1/s1. The van der Waals surface area contributed by atoms with E-state index in [4.69, 9.17) is 15.2 Å². The van der Waals surface area contributed by atoms with E-state index in [0.29, 0.717) is 30.9 Å². The SMILES string of the molecule is Cc1n[nH]c2ccc(-c3nnc(N(Cc4ccccc4-c4ccccc4)Cc4ccccc4-c4ccccc4)c(N4CCN[C@@H](C(C)C)C4)n3)cc12. The van der Waals surface area contributed by atoms with Crippen LogP contribution in [0.5, 0.6) is 0 Å². The summed E-state index contributed by atoms with van der Waals surface area (Å²) in [5.41, 5.74) is 10.1. The number of anilines is 2. The van der Waals surface area contributed by atoms with Crippen LogP contribution in [-0.2, 0) is 13.1 Å². The molecule has 0 amide bonds. The quantitative estimate of drug-likeness (QED) is 0.149. The molecule has 1 aliphatic rings. The molecule has 8 nitrogen and oxygen atoms in total. The van der Waals surface area contributed by atoms with Gasteiger partial charge < -0.3 is 15.1 Å². The fourth-order valence-electron chi connectivity index (χ4n) is 7.28. The van der Waals surface area contributed by atoms with Crippen LogP contribution in [-0.4, -0.2) is 51.1 Å². The number of piperazine rings is 1. The average molecular weight is 685 g/mol. The molecule has 2 aromatic heterocycles. The van der Waals surface area contributed by atoms with E-state index < -0.39 is 0 Å². The molecular formula is C44H44N8. The number of nitrogens with one attached hydrogen (secondary N) is 2. The molecule has 5 aromatic carbocycles. The Morgan fingerprint density at radius 1 is 0.731 bits per heavy atom. The number of aromatic nitrogens is 5. The monoisotopic (exact) mass is 684 g/mol. The minimum atomic E-state index is 0.330. The van der Waals surface area contributed by atoms with Crippen LogP contribution in [0.25, 0.3) is 44.5 Å². The van der Waals surface area contributed by atoms with Crippen LogP contribution in [0.1, 0.15) is 30.7 Å². The summed E-state index contributed by atoms with van der Waals surface area (Å²) >= 11 is 0. The molecular weight excluding hydrogens is 641 g/mol. The zero-order valence-corrected chi connectivity index (χ0v) is 30.0. The van der Waals surface area contributed by atoms with Crippen molar-refractivity contribution in [3.05, 3.63) is 144 Å². The highest BCUT2D eigenvalue weighted by molar-refractivity contribution is 5.85. The lowest BCUT2D eigenvalue weighted by Gasteiger charge is -2.38. The van der Waals surface area contributed by atoms with Crippen molar-refractivity contribution in [3.8, 4) is 33.6 Å². The molecule has 8 rings (SSSR count). The van der Waals surface area contributed by atoms with E-state index in [-0.39, 0.29) is 0 Å². The molecule has 8 heteroatoms. The van der Waals surface area contributed by atoms with Gasteiger partial charge in [0, 0.05) is 49.7 Å². The van der Waals surface area contributed by atoms with Crippen LogP contribution in [0.3, 0.4) is 0 Å². The summed E-state index contributed by atoms with van der Waals surface area (Å²) in [4.78, 5) is 10.2. The molecule has 260 valence electrons. The predicted molar refractivity (Wildman–Crippen MR) is 212 cm³/mol. The average Bonchev–Trinajstić information content (AvgIpc) is 3.58. The Morgan fingerprint density at radius 2 is 1.35 bits per heavy atom. The third kappa shape index (κ3) is 6.90. The van der Waals surface area contributed by atoms with Crippen molar-refractivity contribution in [1.82, 2.24) is 30.7 Å². The zero-order valence-electron chi connectivity index (χ0n) is 30.0. The predicted octanol–water partition coefficient (Wildman–Crippen LogP) is 8.70. The van der Waals surface area contributed by atoms with Gasteiger partial charge in [-0.2, -0.15) is 5.10 Å². The lowest BCUT2D eigenvalue weighted by atomic mass is 9.97. The molecule has 2 N–H and O–H groups in total. The van der Waals surface area contributed by atoms with E-state index in [2.05, 4.69) is 167 Å². The van der Waals surface area contributed by atoms with Gasteiger partial charge in [0.05, 0.1) is 11.2 Å². The lowest BCUT2D eigenvalue weighted by Crippen LogP contribution is -2.53. The lowest BCUT2D eigenvalue weighted by molar-refractivity contribution is 0.367. The van der Waals surface area contributed by atoms with Gasteiger partial charge in [-0.15, -0.1) is 10.2 Å². The molecule has 0 aliphatic carbocycles. The van der Waals surface area contributed by atoms with Crippen molar-refractivity contribution in [2.24, 2.45) is 5.92 Å². The summed E-state index contributed by atoms with van der Waals surface area (Å²) in [6.45, 7) is 10.3. The molecule has 52 heavy (non-hydrogen) atoms. The number of fused-ring (bicyclic) bond motifs is 1. The number of aryl methyl sites for hydroxylation is 1. The Morgan fingerprint density at radius 3 is 1.98 bits per heavy atom. The van der Waals surface area contributed by atoms with E-state index in [1.165, 1.54) is 33.4 Å². The Hall–Kier alpha value is -5.86. The highest BCUT2D eigenvalue weighted by Crippen LogP contribution is 2.35. The molecule has 1 aliphatic heterocycles. The molecule has 0 bridgehead atoms. The van der Waals surface area contributed by atoms with E-state index >= 15 is 0 Å². The Kier molecular flexibility index (Phi) is 9.46. The summed E-state index contributed by atoms with van der Waals surface area (Å²) in [7, 11) is 0. The molecule has 3 heterocycles. The second-order valence-corrected chi connectivity index (χ2v) is 14.0. The molecule has 1 fully saturated rings. The number of nitrogens with zero attached hydrogens (tertiary/aromatic N) is 6. The maximum atomic E-state index is 5.40.